The number of nitrogen functional groups attached to an aromatic ring is 1. The Kier molecular flexibility index (Phi) is 3.14. The number of hydrogen-bond donors (Lipinski definition) is 2. The lowest BCUT2D eigenvalue weighted by molar-refractivity contribution is 0.145. The van der Waals surface area contributed by atoms with E-state index in [1.807, 2.05) is 6.07 Å². The Hall–Kier alpha value is -1.49. The summed E-state index contributed by atoms with van der Waals surface area (Å²) in [6.45, 7) is 1.61. The van der Waals surface area contributed by atoms with Crippen molar-refractivity contribution in [2.24, 2.45) is 0 Å². The van der Waals surface area contributed by atoms with E-state index in [1.54, 1.807) is 13.2 Å². The van der Waals surface area contributed by atoms with Crippen LogP contribution in [0.2, 0.25) is 0 Å². The lowest BCUT2D eigenvalue weighted by atomic mass is 10.1. The molecule has 0 unspecified atom stereocenters. The average molecular weight is 223 g/mol. The van der Waals surface area contributed by atoms with Crippen molar-refractivity contribution in [3.63, 3.8) is 0 Å². The number of nitrogens with two attached hydrogens (primary N) is 1. The molecule has 1 aromatic rings. The maximum atomic E-state index is 9.43. The van der Waals surface area contributed by atoms with Crippen LogP contribution in [0.1, 0.15) is 12.8 Å². The highest BCUT2D eigenvalue weighted by molar-refractivity contribution is 5.53. The number of methoxy groups -OCH3 is 1. The van der Waals surface area contributed by atoms with Crippen LogP contribution in [0, 0.1) is 0 Å². The van der Waals surface area contributed by atoms with Gasteiger partial charge in [-0.3, -0.25) is 0 Å². The summed E-state index contributed by atoms with van der Waals surface area (Å²) in [4.78, 5) is 6.46. The van der Waals surface area contributed by atoms with Gasteiger partial charge in [0.15, 0.2) is 0 Å². The average Bonchev–Trinajstić information content (AvgIpc) is 2.29. The minimum atomic E-state index is -0.181. The Bertz CT molecular complexity index is 362. The number of hydrogen-bond acceptors (Lipinski definition) is 5. The maximum absolute atomic E-state index is 9.43. The van der Waals surface area contributed by atoms with Gasteiger partial charge in [0.2, 0.25) is 5.88 Å². The number of ether oxygens (including phenoxy) is 1. The fourth-order valence-electron chi connectivity index (χ4n) is 1.87. The van der Waals surface area contributed by atoms with Gasteiger partial charge in [-0.15, -0.1) is 0 Å². The van der Waals surface area contributed by atoms with Gasteiger partial charge in [-0.2, -0.15) is 4.98 Å². The number of aromatic nitrogens is 1. The van der Waals surface area contributed by atoms with Gasteiger partial charge in [0, 0.05) is 30.9 Å². The monoisotopic (exact) mass is 223 g/mol. The Morgan fingerprint density at radius 1 is 1.44 bits per heavy atom. The number of rotatable bonds is 2. The first-order valence-electron chi connectivity index (χ1n) is 5.43. The summed E-state index contributed by atoms with van der Waals surface area (Å²) in [6, 6.07) is 3.53. The molecule has 5 heteroatoms. The van der Waals surface area contributed by atoms with Gasteiger partial charge >= 0.3 is 0 Å². The van der Waals surface area contributed by atoms with Crippen LogP contribution in [0.15, 0.2) is 12.1 Å². The van der Waals surface area contributed by atoms with Crippen LogP contribution in [-0.4, -0.2) is 36.4 Å². The van der Waals surface area contributed by atoms with Gasteiger partial charge in [-0.25, -0.2) is 0 Å². The van der Waals surface area contributed by atoms with E-state index in [-0.39, 0.29) is 6.10 Å². The van der Waals surface area contributed by atoms with Gasteiger partial charge in [0.25, 0.3) is 0 Å². The lowest BCUT2D eigenvalue weighted by Gasteiger charge is -2.30. The fraction of sp³-hybridized carbons (Fsp3) is 0.545. The lowest BCUT2D eigenvalue weighted by Crippen LogP contribution is -2.36. The molecule has 0 atom stereocenters. The van der Waals surface area contributed by atoms with Gasteiger partial charge in [-0.1, -0.05) is 0 Å². The molecule has 1 aliphatic heterocycles. The Morgan fingerprint density at radius 2 is 2.12 bits per heavy atom. The van der Waals surface area contributed by atoms with Gasteiger partial charge in [-0.05, 0) is 12.8 Å². The van der Waals surface area contributed by atoms with Crippen LogP contribution in [0.3, 0.4) is 0 Å². The number of nitrogens with zero attached hydrogens (tertiary/aromatic N) is 2. The molecule has 0 saturated carbocycles. The molecule has 0 amide bonds. The molecule has 16 heavy (non-hydrogen) atoms. The second-order valence-corrected chi connectivity index (χ2v) is 4.02. The van der Waals surface area contributed by atoms with Crippen LogP contribution < -0.4 is 15.4 Å². The number of pyridine rings is 1. The van der Waals surface area contributed by atoms with Crippen molar-refractivity contribution >= 4 is 11.5 Å². The van der Waals surface area contributed by atoms with E-state index in [1.165, 1.54) is 0 Å². The van der Waals surface area contributed by atoms with Crippen molar-refractivity contribution in [1.29, 1.82) is 0 Å². The molecular weight excluding hydrogens is 206 g/mol. The predicted octanol–water partition coefficient (Wildman–Crippen LogP) is 0.633. The second kappa shape index (κ2) is 4.57. The van der Waals surface area contributed by atoms with Crippen molar-refractivity contribution in [3.8, 4) is 5.88 Å². The zero-order valence-electron chi connectivity index (χ0n) is 9.39. The molecule has 2 rings (SSSR count). The largest absolute Gasteiger partial charge is 0.481 e. The highest BCUT2D eigenvalue weighted by Crippen LogP contribution is 2.23. The van der Waals surface area contributed by atoms with E-state index in [0.29, 0.717) is 11.6 Å². The molecule has 0 radical (unpaired) electrons. The summed E-state index contributed by atoms with van der Waals surface area (Å²) in [7, 11) is 1.57. The molecule has 0 bridgehead atoms. The molecule has 0 spiro atoms. The Balaban J connectivity index is 2.16. The van der Waals surface area contributed by atoms with Crippen molar-refractivity contribution < 1.29 is 9.84 Å². The van der Waals surface area contributed by atoms with Crippen LogP contribution in [-0.2, 0) is 0 Å². The zero-order chi connectivity index (χ0) is 11.5. The molecule has 2 heterocycles. The third-order valence-electron chi connectivity index (χ3n) is 2.81. The third kappa shape index (κ3) is 2.36. The van der Waals surface area contributed by atoms with Crippen LogP contribution in [0.5, 0.6) is 5.88 Å². The zero-order valence-corrected chi connectivity index (χ0v) is 9.39. The number of aliphatic hydroxyl groups excluding tert-OH is 1. The van der Waals surface area contributed by atoms with E-state index in [4.69, 9.17) is 10.5 Å². The summed E-state index contributed by atoms with van der Waals surface area (Å²) in [5.41, 5.74) is 6.42. The van der Waals surface area contributed by atoms with E-state index < -0.39 is 0 Å². The van der Waals surface area contributed by atoms with Crippen molar-refractivity contribution in [2.45, 2.75) is 18.9 Å². The molecule has 5 nitrogen and oxygen atoms in total. The smallest absolute Gasteiger partial charge is 0.216 e. The second-order valence-electron chi connectivity index (χ2n) is 4.02. The summed E-state index contributed by atoms with van der Waals surface area (Å²) in [5, 5.41) is 9.43. The minimum absolute atomic E-state index is 0.181. The Morgan fingerprint density at radius 3 is 2.75 bits per heavy atom. The first-order chi connectivity index (χ1) is 7.69. The first-order valence-corrected chi connectivity index (χ1v) is 5.43. The van der Waals surface area contributed by atoms with E-state index in [9.17, 15) is 5.11 Å². The normalized spacial score (nSPS) is 17.5. The quantitative estimate of drug-likeness (QED) is 0.769. The van der Waals surface area contributed by atoms with E-state index in [2.05, 4.69) is 9.88 Å². The maximum Gasteiger partial charge on any atom is 0.216 e. The van der Waals surface area contributed by atoms with E-state index >= 15 is 0 Å². The SMILES string of the molecule is COc1cc(N)cc(N2CCC(O)CC2)n1. The third-order valence-corrected chi connectivity index (χ3v) is 2.81. The molecule has 0 aromatic carbocycles. The van der Waals surface area contributed by atoms with Crippen LogP contribution in [0.25, 0.3) is 0 Å². The van der Waals surface area contributed by atoms with Gasteiger partial charge in [0.1, 0.15) is 5.82 Å². The molecule has 0 aliphatic carbocycles. The van der Waals surface area contributed by atoms with Crippen molar-refractivity contribution in [1.82, 2.24) is 4.98 Å². The first kappa shape index (κ1) is 11.0. The van der Waals surface area contributed by atoms with E-state index in [0.717, 1.165) is 31.7 Å². The number of piperidine rings is 1. The molecule has 88 valence electrons. The number of anilines is 2. The molecule has 1 aromatic heterocycles. The minimum Gasteiger partial charge on any atom is -0.481 e. The van der Waals surface area contributed by atoms with Crippen molar-refractivity contribution in [3.05, 3.63) is 12.1 Å². The topological polar surface area (TPSA) is 71.6 Å². The van der Waals surface area contributed by atoms with Crippen molar-refractivity contribution in [2.75, 3.05) is 30.8 Å². The predicted molar refractivity (Wildman–Crippen MR) is 62.7 cm³/mol. The Labute approximate surface area is 94.8 Å². The molecule has 1 fully saturated rings. The van der Waals surface area contributed by atoms with Crippen LogP contribution in [0.4, 0.5) is 11.5 Å². The summed E-state index contributed by atoms with van der Waals surface area (Å²) >= 11 is 0. The highest BCUT2D eigenvalue weighted by Gasteiger charge is 2.18. The fourth-order valence-corrected chi connectivity index (χ4v) is 1.87. The summed E-state index contributed by atoms with van der Waals surface area (Å²) in [5.74, 6) is 1.35. The van der Waals surface area contributed by atoms with Crippen LogP contribution >= 0.6 is 0 Å². The molecule has 3 N–H and O–H groups in total. The summed E-state index contributed by atoms with van der Waals surface area (Å²) in [6.07, 6.45) is 1.37. The van der Waals surface area contributed by atoms with Gasteiger partial charge < -0.3 is 20.5 Å². The summed E-state index contributed by atoms with van der Waals surface area (Å²) < 4.78 is 5.08. The number of aliphatic hydroxyl groups is 1. The molecule has 1 saturated heterocycles. The highest BCUT2D eigenvalue weighted by atomic mass is 16.5. The molecule has 1 aliphatic rings. The molecular formula is C11H17N3O2. The standard InChI is InChI=1S/C11H17N3O2/c1-16-11-7-8(12)6-10(13-11)14-4-2-9(15)3-5-14/h6-7,9,15H,2-5H2,1H3,(H2,12,13). The van der Waals surface area contributed by atoms with Gasteiger partial charge in [0.05, 0.1) is 13.2 Å².